The number of alkyl carbamates (subject to hydrolysis) is 1. The molecule has 0 spiro atoms. The maximum absolute atomic E-state index is 11.4. The molecule has 1 amide bonds. The third-order valence-electron chi connectivity index (χ3n) is 2.59. The maximum atomic E-state index is 11.4. The second-order valence-electron chi connectivity index (χ2n) is 4.23. The average Bonchev–Trinajstić information content (AvgIpc) is 2.51. The highest BCUT2D eigenvalue weighted by molar-refractivity contribution is 5.89. The highest BCUT2D eigenvalue weighted by atomic mass is 16.5. The van der Waals surface area contributed by atoms with Crippen molar-refractivity contribution in [1.29, 1.82) is 0 Å². The first-order valence-electron chi connectivity index (χ1n) is 6.75. The molecule has 1 rings (SSSR count). The minimum Gasteiger partial charge on any atom is -0.465 e. The highest BCUT2D eigenvalue weighted by Gasteiger charge is 2.04. The molecule has 5 nitrogen and oxygen atoms in total. The first-order valence-corrected chi connectivity index (χ1v) is 6.75. The zero-order valence-corrected chi connectivity index (χ0v) is 12.3. The summed E-state index contributed by atoms with van der Waals surface area (Å²) in [4.78, 5) is 22.6. The van der Waals surface area contributed by atoms with E-state index < -0.39 is 12.1 Å². The van der Waals surface area contributed by atoms with Crippen molar-refractivity contribution in [3.05, 3.63) is 35.4 Å². The Bertz CT molecular complexity index is 543. The molecule has 0 aliphatic carbocycles. The number of amides is 1. The minimum atomic E-state index is -0.471. The SMILES string of the molecule is CCCCNC(=O)OCC#Cc1cccc(C(=O)OC)c1. The Balaban J connectivity index is 2.44. The summed E-state index contributed by atoms with van der Waals surface area (Å²) in [6.07, 6.45) is 1.46. The quantitative estimate of drug-likeness (QED) is 0.513. The van der Waals surface area contributed by atoms with Crippen LogP contribution in [-0.4, -0.2) is 32.3 Å². The standard InChI is InChI=1S/C16H19NO4/c1-3-4-10-17-16(19)21-11-6-8-13-7-5-9-14(12-13)15(18)20-2/h5,7,9,12H,3-4,10-11H2,1-2H3,(H,17,19). The Kier molecular flexibility index (Phi) is 7.44. The molecule has 0 aliphatic heterocycles. The van der Waals surface area contributed by atoms with Crippen molar-refractivity contribution in [1.82, 2.24) is 5.32 Å². The van der Waals surface area contributed by atoms with Crippen molar-refractivity contribution in [3.8, 4) is 11.8 Å². The number of esters is 1. The zero-order valence-electron chi connectivity index (χ0n) is 12.3. The molecule has 0 radical (unpaired) electrons. The average molecular weight is 289 g/mol. The fourth-order valence-corrected chi connectivity index (χ4v) is 1.50. The van der Waals surface area contributed by atoms with Crippen molar-refractivity contribution in [2.24, 2.45) is 0 Å². The van der Waals surface area contributed by atoms with Crippen molar-refractivity contribution in [2.45, 2.75) is 19.8 Å². The van der Waals surface area contributed by atoms with E-state index >= 15 is 0 Å². The Labute approximate surface area is 124 Å². The minimum absolute atomic E-state index is 0.000407. The molecule has 0 unspecified atom stereocenters. The second kappa shape index (κ2) is 9.43. The van der Waals surface area contributed by atoms with Crippen LogP contribution in [-0.2, 0) is 9.47 Å². The van der Waals surface area contributed by atoms with E-state index in [0.717, 1.165) is 12.8 Å². The van der Waals surface area contributed by atoms with Gasteiger partial charge in [-0.15, -0.1) is 0 Å². The highest BCUT2D eigenvalue weighted by Crippen LogP contribution is 2.05. The van der Waals surface area contributed by atoms with Gasteiger partial charge in [-0.25, -0.2) is 9.59 Å². The number of rotatable bonds is 5. The molecular formula is C16H19NO4. The topological polar surface area (TPSA) is 64.6 Å². The molecule has 0 saturated heterocycles. The van der Waals surface area contributed by atoms with Gasteiger partial charge in [0.1, 0.15) is 0 Å². The number of carbonyl (C=O) groups excluding carboxylic acids is 2. The fraction of sp³-hybridized carbons (Fsp3) is 0.375. The van der Waals surface area contributed by atoms with Gasteiger partial charge in [0.2, 0.25) is 0 Å². The van der Waals surface area contributed by atoms with E-state index in [-0.39, 0.29) is 6.61 Å². The van der Waals surface area contributed by atoms with Crippen LogP contribution in [0.25, 0.3) is 0 Å². The number of hydrogen-bond acceptors (Lipinski definition) is 4. The van der Waals surface area contributed by atoms with Crippen LogP contribution in [0.15, 0.2) is 24.3 Å². The normalized spacial score (nSPS) is 9.24. The summed E-state index contributed by atoms with van der Waals surface area (Å²) in [6, 6.07) is 6.75. The van der Waals surface area contributed by atoms with Crippen LogP contribution in [0.2, 0.25) is 0 Å². The molecule has 1 aromatic carbocycles. The number of hydrogen-bond donors (Lipinski definition) is 1. The van der Waals surface area contributed by atoms with Gasteiger partial charge < -0.3 is 14.8 Å². The van der Waals surface area contributed by atoms with Crippen LogP contribution in [0.4, 0.5) is 4.79 Å². The summed E-state index contributed by atoms with van der Waals surface area (Å²) >= 11 is 0. The summed E-state index contributed by atoms with van der Waals surface area (Å²) in [6.45, 7) is 2.64. The molecule has 21 heavy (non-hydrogen) atoms. The summed E-state index contributed by atoms with van der Waals surface area (Å²) in [5.74, 6) is 5.13. The molecule has 0 saturated carbocycles. The van der Waals surface area contributed by atoms with Gasteiger partial charge in [-0.05, 0) is 24.6 Å². The van der Waals surface area contributed by atoms with Crippen molar-refractivity contribution < 1.29 is 19.1 Å². The molecule has 1 N–H and O–H groups in total. The lowest BCUT2D eigenvalue weighted by atomic mass is 10.1. The van der Waals surface area contributed by atoms with E-state index in [0.29, 0.717) is 17.7 Å². The molecule has 0 fully saturated rings. The molecule has 5 heteroatoms. The van der Waals surface area contributed by atoms with Crippen molar-refractivity contribution >= 4 is 12.1 Å². The van der Waals surface area contributed by atoms with Crippen LogP contribution in [0.3, 0.4) is 0 Å². The molecule has 0 aromatic heterocycles. The fourth-order valence-electron chi connectivity index (χ4n) is 1.50. The van der Waals surface area contributed by atoms with E-state index in [9.17, 15) is 9.59 Å². The van der Waals surface area contributed by atoms with Crippen LogP contribution in [0.1, 0.15) is 35.7 Å². The summed E-state index contributed by atoms with van der Waals surface area (Å²) in [7, 11) is 1.33. The van der Waals surface area contributed by atoms with Crippen LogP contribution >= 0.6 is 0 Å². The van der Waals surface area contributed by atoms with Crippen LogP contribution < -0.4 is 5.32 Å². The van der Waals surface area contributed by atoms with E-state index in [1.807, 2.05) is 6.92 Å². The number of nitrogens with one attached hydrogen (secondary N) is 1. The Morgan fingerprint density at radius 3 is 2.86 bits per heavy atom. The maximum Gasteiger partial charge on any atom is 0.408 e. The Morgan fingerprint density at radius 2 is 2.14 bits per heavy atom. The number of ether oxygens (including phenoxy) is 2. The summed E-state index contributed by atoms with van der Waals surface area (Å²) < 4.78 is 9.52. The molecular weight excluding hydrogens is 270 g/mol. The van der Waals surface area contributed by atoms with Gasteiger partial charge in [0, 0.05) is 12.1 Å². The predicted molar refractivity (Wildman–Crippen MR) is 78.9 cm³/mol. The lowest BCUT2D eigenvalue weighted by molar-refractivity contribution is 0.0600. The second-order valence-corrected chi connectivity index (χ2v) is 4.23. The third-order valence-corrected chi connectivity index (χ3v) is 2.59. The number of unbranched alkanes of at least 4 members (excludes halogenated alkanes) is 1. The molecule has 0 bridgehead atoms. The van der Waals surface area contributed by atoms with Crippen LogP contribution in [0.5, 0.6) is 0 Å². The lowest BCUT2D eigenvalue weighted by Crippen LogP contribution is -2.25. The predicted octanol–water partition coefficient (Wildman–Crippen LogP) is 2.35. The summed E-state index contributed by atoms with van der Waals surface area (Å²) in [5, 5.41) is 2.62. The van der Waals surface area contributed by atoms with Gasteiger partial charge in [-0.2, -0.15) is 0 Å². The Hall–Kier alpha value is -2.48. The lowest BCUT2D eigenvalue weighted by Gasteiger charge is -2.02. The monoisotopic (exact) mass is 289 g/mol. The molecule has 0 aliphatic rings. The van der Waals surface area contributed by atoms with E-state index in [4.69, 9.17) is 4.74 Å². The van der Waals surface area contributed by atoms with Crippen LogP contribution in [0, 0.1) is 11.8 Å². The van der Waals surface area contributed by atoms with E-state index in [1.54, 1.807) is 24.3 Å². The zero-order chi connectivity index (χ0) is 15.5. The largest absolute Gasteiger partial charge is 0.465 e. The first kappa shape index (κ1) is 16.6. The van der Waals surface area contributed by atoms with Gasteiger partial charge in [0.25, 0.3) is 0 Å². The van der Waals surface area contributed by atoms with Gasteiger partial charge in [-0.1, -0.05) is 31.3 Å². The number of methoxy groups -OCH3 is 1. The molecule has 0 heterocycles. The number of carbonyl (C=O) groups is 2. The van der Waals surface area contributed by atoms with E-state index in [1.165, 1.54) is 7.11 Å². The first-order chi connectivity index (χ1) is 10.2. The van der Waals surface area contributed by atoms with Gasteiger partial charge in [-0.3, -0.25) is 0 Å². The van der Waals surface area contributed by atoms with Crippen molar-refractivity contribution in [2.75, 3.05) is 20.3 Å². The smallest absolute Gasteiger partial charge is 0.408 e. The Morgan fingerprint density at radius 1 is 1.33 bits per heavy atom. The van der Waals surface area contributed by atoms with Gasteiger partial charge in [0.15, 0.2) is 6.61 Å². The molecule has 112 valence electrons. The third kappa shape index (κ3) is 6.48. The van der Waals surface area contributed by atoms with Gasteiger partial charge in [0.05, 0.1) is 12.7 Å². The summed E-state index contributed by atoms with van der Waals surface area (Å²) in [5.41, 5.74) is 1.09. The number of benzene rings is 1. The van der Waals surface area contributed by atoms with E-state index in [2.05, 4.69) is 21.9 Å². The van der Waals surface area contributed by atoms with Gasteiger partial charge >= 0.3 is 12.1 Å². The van der Waals surface area contributed by atoms with Crippen molar-refractivity contribution in [3.63, 3.8) is 0 Å². The molecule has 1 aromatic rings. The molecule has 0 atom stereocenters.